The summed E-state index contributed by atoms with van der Waals surface area (Å²) in [6.45, 7) is 7.32. The number of aromatic hydroxyl groups is 1. The van der Waals surface area contributed by atoms with Crippen molar-refractivity contribution in [2.75, 3.05) is 13.1 Å². The Morgan fingerprint density at radius 1 is 1.16 bits per heavy atom. The number of likely N-dealkylation sites (tertiary alicyclic amines) is 1. The van der Waals surface area contributed by atoms with Crippen molar-refractivity contribution < 1.29 is 5.11 Å². The number of fused-ring (bicyclic) bond motifs is 2. The topological polar surface area (TPSA) is 35.5 Å². The van der Waals surface area contributed by atoms with Gasteiger partial charge in [0.05, 0.1) is 0 Å². The minimum Gasteiger partial charge on any atom is -0.507 e. The van der Waals surface area contributed by atoms with E-state index >= 15 is 0 Å². The Labute approximate surface area is 115 Å². The zero-order chi connectivity index (χ0) is 13.4. The first-order valence-corrected chi connectivity index (χ1v) is 7.39. The van der Waals surface area contributed by atoms with Crippen LogP contribution < -0.4 is 5.32 Å². The standard InChI is InChI=1S/C16H24N2O/c1-11-7-13(8-12(2)16(11)19)9-18-6-5-14-3-4-15(10-18)17-14/h7-8,14-15,17,19H,3-6,9-10H2,1-2H3. The Bertz CT molecular complexity index is 449. The van der Waals surface area contributed by atoms with Crippen LogP contribution in [0.5, 0.6) is 5.75 Å². The fraction of sp³-hybridized carbons (Fsp3) is 0.625. The molecule has 3 rings (SSSR count). The second kappa shape index (κ2) is 5.14. The fourth-order valence-electron chi connectivity index (χ4n) is 3.55. The summed E-state index contributed by atoms with van der Waals surface area (Å²) in [6, 6.07) is 5.68. The molecule has 3 nitrogen and oxygen atoms in total. The van der Waals surface area contributed by atoms with Gasteiger partial charge in [0.2, 0.25) is 0 Å². The monoisotopic (exact) mass is 260 g/mol. The van der Waals surface area contributed by atoms with Crippen LogP contribution in [0.25, 0.3) is 0 Å². The predicted molar refractivity (Wildman–Crippen MR) is 77.4 cm³/mol. The van der Waals surface area contributed by atoms with E-state index in [-0.39, 0.29) is 0 Å². The van der Waals surface area contributed by atoms with E-state index in [0.29, 0.717) is 11.8 Å². The number of phenols is 1. The third-order valence-electron chi connectivity index (χ3n) is 4.56. The number of nitrogens with one attached hydrogen (secondary N) is 1. The molecule has 1 aromatic rings. The summed E-state index contributed by atoms with van der Waals surface area (Å²) in [5, 5.41) is 13.6. The lowest BCUT2D eigenvalue weighted by molar-refractivity contribution is 0.251. The molecule has 19 heavy (non-hydrogen) atoms. The van der Waals surface area contributed by atoms with Gasteiger partial charge in [-0.1, -0.05) is 12.1 Å². The molecule has 2 N–H and O–H groups in total. The molecule has 2 saturated heterocycles. The van der Waals surface area contributed by atoms with E-state index < -0.39 is 0 Å². The van der Waals surface area contributed by atoms with Gasteiger partial charge in [-0.05, 0) is 49.8 Å². The maximum absolute atomic E-state index is 9.84. The molecule has 2 atom stereocenters. The van der Waals surface area contributed by atoms with Gasteiger partial charge in [0.25, 0.3) is 0 Å². The molecule has 2 heterocycles. The van der Waals surface area contributed by atoms with Crippen LogP contribution in [-0.2, 0) is 6.54 Å². The highest BCUT2D eigenvalue weighted by atomic mass is 16.3. The van der Waals surface area contributed by atoms with Crippen molar-refractivity contribution in [1.29, 1.82) is 0 Å². The fourth-order valence-corrected chi connectivity index (χ4v) is 3.55. The van der Waals surface area contributed by atoms with E-state index in [9.17, 15) is 5.11 Å². The van der Waals surface area contributed by atoms with Crippen molar-refractivity contribution in [3.8, 4) is 5.75 Å². The van der Waals surface area contributed by atoms with Crippen LogP contribution in [0.2, 0.25) is 0 Å². The lowest BCUT2D eigenvalue weighted by atomic mass is 10.0. The molecular weight excluding hydrogens is 236 g/mol. The van der Waals surface area contributed by atoms with Crippen LogP contribution in [-0.4, -0.2) is 35.2 Å². The second-order valence-corrected chi connectivity index (χ2v) is 6.24. The zero-order valence-corrected chi connectivity index (χ0v) is 11.9. The van der Waals surface area contributed by atoms with Gasteiger partial charge in [0.1, 0.15) is 5.75 Å². The first-order valence-electron chi connectivity index (χ1n) is 7.39. The Kier molecular flexibility index (Phi) is 3.50. The van der Waals surface area contributed by atoms with E-state index in [0.717, 1.165) is 30.3 Å². The van der Waals surface area contributed by atoms with Gasteiger partial charge in [-0.25, -0.2) is 0 Å². The summed E-state index contributed by atoms with van der Waals surface area (Å²) >= 11 is 0. The van der Waals surface area contributed by atoms with Crippen molar-refractivity contribution >= 4 is 0 Å². The quantitative estimate of drug-likeness (QED) is 0.856. The molecular formula is C16H24N2O. The number of phenolic OH excluding ortho intramolecular Hbond substituents is 1. The largest absolute Gasteiger partial charge is 0.507 e. The molecule has 104 valence electrons. The number of hydrogen-bond acceptors (Lipinski definition) is 3. The van der Waals surface area contributed by atoms with E-state index in [1.54, 1.807) is 0 Å². The van der Waals surface area contributed by atoms with E-state index in [2.05, 4.69) is 22.3 Å². The lowest BCUT2D eigenvalue weighted by Gasteiger charge is -2.24. The van der Waals surface area contributed by atoms with E-state index in [4.69, 9.17) is 0 Å². The molecule has 0 amide bonds. The molecule has 0 aromatic heterocycles. The minimum absolute atomic E-state index is 0.445. The first-order chi connectivity index (χ1) is 9.11. The van der Waals surface area contributed by atoms with E-state index in [1.807, 2.05) is 13.8 Å². The van der Waals surface area contributed by atoms with Crippen LogP contribution in [0, 0.1) is 13.8 Å². The van der Waals surface area contributed by atoms with Gasteiger partial charge in [0.15, 0.2) is 0 Å². The summed E-state index contributed by atoms with van der Waals surface area (Å²) in [7, 11) is 0. The van der Waals surface area contributed by atoms with Crippen molar-refractivity contribution in [2.45, 2.75) is 51.7 Å². The Morgan fingerprint density at radius 3 is 2.58 bits per heavy atom. The van der Waals surface area contributed by atoms with Crippen LogP contribution in [0.1, 0.15) is 36.0 Å². The molecule has 1 aromatic carbocycles. The molecule has 0 spiro atoms. The van der Waals surface area contributed by atoms with Crippen LogP contribution in [0.3, 0.4) is 0 Å². The summed E-state index contributed by atoms with van der Waals surface area (Å²) in [4.78, 5) is 2.56. The van der Waals surface area contributed by atoms with Gasteiger partial charge < -0.3 is 10.4 Å². The zero-order valence-electron chi connectivity index (χ0n) is 11.9. The van der Waals surface area contributed by atoms with Crippen molar-refractivity contribution in [2.24, 2.45) is 0 Å². The molecule has 2 unspecified atom stereocenters. The maximum Gasteiger partial charge on any atom is 0.121 e. The summed E-state index contributed by atoms with van der Waals surface area (Å²) in [5.41, 5.74) is 3.31. The highest BCUT2D eigenvalue weighted by Gasteiger charge is 2.29. The summed E-state index contributed by atoms with van der Waals surface area (Å²) in [6.07, 6.45) is 3.96. The highest BCUT2D eigenvalue weighted by molar-refractivity contribution is 5.42. The number of aryl methyl sites for hydroxylation is 2. The predicted octanol–water partition coefficient (Wildman–Crippen LogP) is 2.34. The molecule has 0 radical (unpaired) electrons. The number of nitrogens with zero attached hydrogens (tertiary/aromatic N) is 1. The molecule has 0 aliphatic carbocycles. The molecule has 3 heteroatoms. The third-order valence-corrected chi connectivity index (χ3v) is 4.56. The van der Waals surface area contributed by atoms with Gasteiger partial charge >= 0.3 is 0 Å². The van der Waals surface area contributed by atoms with Crippen LogP contribution in [0.15, 0.2) is 12.1 Å². The maximum atomic E-state index is 9.84. The van der Waals surface area contributed by atoms with E-state index in [1.165, 1.54) is 31.4 Å². The second-order valence-electron chi connectivity index (χ2n) is 6.24. The van der Waals surface area contributed by atoms with Gasteiger partial charge in [-0.15, -0.1) is 0 Å². The molecule has 2 aliphatic heterocycles. The van der Waals surface area contributed by atoms with Crippen molar-refractivity contribution in [3.05, 3.63) is 28.8 Å². The number of hydrogen-bond donors (Lipinski definition) is 2. The molecule has 2 fully saturated rings. The minimum atomic E-state index is 0.445. The Morgan fingerprint density at radius 2 is 1.84 bits per heavy atom. The molecule has 0 saturated carbocycles. The normalized spacial score (nSPS) is 27.5. The van der Waals surface area contributed by atoms with Gasteiger partial charge in [0, 0.05) is 31.7 Å². The Hall–Kier alpha value is -1.06. The van der Waals surface area contributed by atoms with Crippen LogP contribution in [0.4, 0.5) is 0 Å². The van der Waals surface area contributed by atoms with Gasteiger partial charge in [-0.3, -0.25) is 4.90 Å². The lowest BCUT2D eigenvalue weighted by Crippen LogP contribution is -2.34. The van der Waals surface area contributed by atoms with Crippen LogP contribution >= 0.6 is 0 Å². The SMILES string of the molecule is Cc1cc(CN2CCC3CCC(C2)N3)cc(C)c1O. The summed E-state index contributed by atoms with van der Waals surface area (Å²) < 4.78 is 0. The highest BCUT2D eigenvalue weighted by Crippen LogP contribution is 2.25. The average Bonchev–Trinajstić information content (AvgIpc) is 2.70. The van der Waals surface area contributed by atoms with Crippen molar-refractivity contribution in [3.63, 3.8) is 0 Å². The van der Waals surface area contributed by atoms with Gasteiger partial charge in [-0.2, -0.15) is 0 Å². The molecule has 2 bridgehead atoms. The number of benzene rings is 1. The van der Waals surface area contributed by atoms with Crippen molar-refractivity contribution in [1.82, 2.24) is 10.2 Å². The number of rotatable bonds is 2. The average molecular weight is 260 g/mol. The Balaban J connectivity index is 1.71. The first kappa shape index (κ1) is 12.9. The smallest absolute Gasteiger partial charge is 0.121 e. The third kappa shape index (κ3) is 2.77. The summed E-state index contributed by atoms with van der Waals surface area (Å²) in [5.74, 6) is 0.445. The molecule has 2 aliphatic rings.